The molecule has 1 N–H and O–H groups in total. The van der Waals surface area contributed by atoms with Gasteiger partial charge < -0.3 is 14.9 Å². The Bertz CT molecular complexity index is 1060. The Kier molecular flexibility index (Phi) is 4.52. The number of aromatic hydroxyl groups is 1. The number of hydrogen-bond donors (Lipinski definition) is 1. The quantitative estimate of drug-likeness (QED) is 0.556. The molecule has 1 aliphatic rings. The van der Waals surface area contributed by atoms with Crippen molar-refractivity contribution in [3.05, 3.63) is 70.5 Å². The first-order valence-corrected chi connectivity index (χ1v) is 8.89. The van der Waals surface area contributed by atoms with Crippen LogP contribution in [0.4, 0.5) is 11.4 Å². The predicted octanol–water partition coefficient (Wildman–Crippen LogP) is 2.81. The number of phenols is 1. The Morgan fingerprint density at radius 2 is 1.79 bits per heavy atom. The van der Waals surface area contributed by atoms with E-state index >= 15 is 0 Å². The number of amides is 1. The molecule has 1 fully saturated rings. The molecule has 2 heterocycles. The second-order valence-electron chi connectivity index (χ2n) is 6.58. The van der Waals surface area contributed by atoms with Crippen molar-refractivity contribution in [1.82, 2.24) is 9.88 Å². The van der Waals surface area contributed by atoms with E-state index < -0.39 is 4.92 Å². The Morgan fingerprint density at radius 1 is 1.04 bits per heavy atom. The number of para-hydroxylation sites is 1. The van der Waals surface area contributed by atoms with E-state index in [9.17, 15) is 20.0 Å². The molecule has 1 saturated heterocycles. The van der Waals surface area contributed by atoms with Crippen molar-refractivity contribution in [2.24, 2.45) is 0 Å². The third-order valence-corrected chi connectivity index (χ3v) is 5.01. The molecule has 2 aromatic carbocycles. The summed E-state index contributed by atoms with van der Waals surface area (Å²) in [5.41, 5.74) is 1.21. The molecule has 1 amide bonds. The van der Waals surface area contributed by atoms with Crippen LogP contribution in [-0.2, 0) is 0 Å². The first kappa shape index (κ1) is 17.7. The molecule has 1 aliphatic heterocycles. The van der Waals surface area contributed by atoms with E-state index in [-0.39, 0.29) is 17.3 Å². The minimum atomic E-state index is -0.406. The smallest absolute Gasteiger partial charge is 0.278 e. The van der Waals surface area contributed by atoms with Crippen LogP contribution in [0.2, 0.25) is 0 Å². The first-order chi connectivity index (χ1) is 13.6. The first-order valence-electron chi connectivity index (χ1n) is 8.89. The van der Waals surface area contributed by atoms with Gasteiger partial charge in [-0.25, -0.2) is 0 Å². The number of nitrogens with zero attached hydrogens (tertiary/aromatic N) is 4. The van der Waals surface area contributed by atoms with E-state index in [0.717, 1.165) is 11.1 Å². The molecule has 3 aromatic rings. The normalized spacial score (nSPS) is 14.3. The third kappa shape index (κ3) is 3.09. The fourth-order valence-electron chi connectivity index (χ4n) is 3.57. The van der Waals surface area contributed by atoms with Gasteiger partial charge in [-0.3, -0.25) is 19.9 Å². The maximum atomic E-state index is 12.7. The van der Waals surface area contributed by atoms with Crippen LogP contribution in [0.15, 0.2) is 54.9 Å². The molecule has 8 heteroatoms. The van der Waals surface area contributed by atoms with Crippen molar-refractivity contribution in [2.45, 2.75) is 0 Å². The zero-order valence-electron chi connectivity index (χ0n) is 15.0. The summed E-state index contributed by atoms with van der Waals surface area (Å²) >= 11 is 0. The summed E-state index contributed by atoms with van der Waals surface area (Å²) in [6, 6.07) is 11.5. The number of phenolic OH excluding ortho intramolecular Hbond substituents is 1. The zero-order chi connectivity index (χ0) is 19.7. The summed E-state index contributed by atoms with van der Waals surface area (Å²) in [7, 11) is 0. The average molecular weight is 378 g/mol. The molecular formula is C20H18N4O4. The van der Waals surface area contributed by atoms with Gasteiger partial charge in [0.05, 0.1) is 15.9 Å². The third-order valence-electron chi connectivity index (χ3n) is 5.01. The Labute approximate surface area is 160 Å². The molecule has 8 nitrogen and oxygen atoms in total. The molecule has 0 atom stereocenters. The number of anilines is 1. The largest absolute Gasteiger partial charge is 0.507 e. The lowest BCUT2D eigenvalue weighted by molar-refractivity contribution is -0.383. The van der Waals surface area contributed by atoms with Gasteiger partial charge in [-0.1, -0.05) is 12.1 Å². The van der Waals surface area contributed by atoms with E-state index in [1.165, 1.54) is 18.3 Å². The second-order valence-corrected chi connectivity index (χ2v) is 6.58. The van der Waals surface area contributed by atoms with Gasteiger partial charge >= 0.3 is 0 Å². The van der Waals surface area contributed by atoms with Crippen molar-refractivity contribution in [3.63, 3.8) is 0 Å². The number of piperazine rings is 1. The SMILES string of the molecule is O=C(c1ccccc1O)N1CCN(c2ccc([N+](=O)[O-])c3cnccc23)CC1. The van der Waals surface area contributed by atoms with E-state index in [1.807, 2.05) is 0 Å². The van der Waals surface area contributed by atoms with Crippen molar-refractivity contribution < 1.29 is 14.8 Å². The van der Waals surface area contributed by atoms with Crippen molar-refractivity contribution >= 4 is 28.1 Å². The van der Waals surface area contributed by atoms with Gasteiger partial charge in [0.1, 0.15) is 5.75 Å². The number of nitro groups is 1. The highest BCUT2D eigenvalue weighted by atomic mass is 16.6. The van der Waals surface area contributed by atoms with Crippen LogP contribution in [0.25, 0.3) is 10.8 Å². The number of benzene rings is 2. The summed E-state index contributed by atoms with van der Waals surface area (Å²) in [5.74, 6) is -0.223. The topological polar surface area (TPSA) is 99.8 Å². The lowest BCUT2D eigenvalue weighted by Gasteiger charge is -2.36. The van der Waals surface area contributed by atoms with Crippen LogP contribution >= 0.6 is 0 Å². The minimum Gasteiger partial charge on any atom is -0.507 e. The molecule has 0 radical (unpaired) electrons. The summed E-state index contributed by atoms with van der Waals surface area (Å²) in [5, 5.41) is 22.5. The number of nitro benzene ring substituents is 1. The van der Waals surface area contributed by atoms with Gasteiger partial charge in [0.2, 0.25) is 0 Å². The molecule has 0 saturated carbocycles. The van der Waals surface area contributed by atoms with E-state index in [0.29, 0.717) is 37.1 Å². The molecule has 142 valence electrons. The standard InChI is InChI=1S/C20H18N4O4/c25-19-4-2-1-3-15(19)20(26)23-11-9-22(10-12-23)17-5-6-18(24(27)28)16-13-21-8-7-14(16)17/h1-8,13,25H,9-12H2. The van der Waals surface area contributed by atoms with E-state index in [1.54, 1.807) is 41.4 Å². The number of pyridine rings is 1. The highest BCUT2D eigenvalue weighted by Gasteiger charge is 2.25. The number of fused-ring (bicyclic) bond motifs is 1. The van der Waals surface area contributed by atoms with Gasteiger partial charge in [-0.2, -0.15) is 0 Å². The Morgan fingerprint density at radius 3 is 2.50 bits per heavy atom. The number of carbonyl (C=O) groups excluding carboxylic acids is 1. The number of rotatable bonds is 3. The monoisotopic (exact) mass is 378 g/mol. The summed E-state index contributed by atoms with van der Waals surface area (Å²) in [6.45, 7) is 2.18. The second kappa shape index (κ2) is 7.15. The maximum Gasteiger partial charge on any atom is 0.278 e. The molecular weight excluding hydrogens is 360 g/mol. The van der Waals surface area contributed by atoms with Crippen LogP contribution in [0.3, 0.4) is 0 Å². The molecule has 0 aliphatic carbocycles. The molecule has 4 rings (SSSR count). The number of non-ortho nitro benzene ring substituents is 1. The highest BCUT2D eigenvalue weighted by molar-refractivity contribution is 6.00. The van der Waals surface area contributed by atoms with Crippen LogP contribution in [0.1, 0.15) is 10.4 Å². The molecule has 28 heavy (non-hydrogen) atoms. The minimum absolute atomic E-state index is 0.0243. The summed E-state index contributed by atoms with van der Waals surface area (Å²) < 4.78 is 0. The zero-order valence-corrected chi connectivity index (χ0v) is 15.0. The fraction of sp³-hybridized carbons (Fsp3) is 0.200. The molecule has 1 aromatic heterocycles. The summed E-state index contributed by atoms with van der Waals surface area (Å²) in [6.07, 6.45) is 3.13. The lowest BCUT2D eigenvalue weighted by Crippen LogP contribution is -2.48. The van der Waals surface area contributed by atoms with Crippen LogP contribution in [0, 0.1) is 10.1 Å². The molecule has 0 bridgehead atoms. The molecule has 0 spiro atoms. The maximum absolute atomic E-state index is 12.7. The lowest BCUT2D eigenvalue weighted by atomic mass is 10.1. The average Bonchev–Trinajstić information content (AvgIpc) is 2.73. The predicted molar refractivity (Wildman–Crippen MR) is 105 cm³/mol. The molecule has 0 unspecified atom stereocenters. The van der Waals surface area contributed by atoms with Gasteiger partial charge in [0, 0.05) is 55.7 Å². The number of hydrogen-bond acceptors (Lipinski definition) is 6. The number of aromatic nitrogens is 1. The van der Waals surface area contributed by atoms with Gasteiger partial charge in [0.15, 0.2) is 0 Å². The van der Waals surface area contributed by atoms with Crippen molar-refractivity contribution in [3.8, 4) is 5.75 Å². The van der Waals surface area contributed by atoms with Gasteiger partial charge in [-0.05, 0) is 24.3 Å². The summed E-state index contributed by atoms with van der Waals surface area (Å²) in [4.78, 5) is 31.4. The fourth-order valence-corrected chi connectivity index (χ4v) is 3.57. The Balaban J connectivity index is 1.56. The van der Waals surface area contributed by atoms with Crippen molar-refractivity contribution in [1.29, 1.82) is 0 Å². The number of carbonyl (C=O) groups is 1. The van der Waals surface area contributed by atoms with E-state index in [2.05, 4.69) is 9.88 Å². The van der Waals surface area contributed by atoms with Gasteiger partial charge in [0.25, 0.3) is 11.6 Å². The Hall–Kier alpha value is -3.68. The van der Waals surface area contributed by atoms with Gasteiger partial charge in [-0.15, -0.1) is 0 Å². The van der Waals surface area contributed by atoms with Crippen molar-refractivity contribution in [2.75, 3.05) is 31.1 Å². The van der Waals surface area contributed by atoms with Crippen LogP contribution < -0.4 is 4.90 Å². The van der Waals surface area contributed by atoms with E-state index in [4.69, 9.17) is 0 Å². The highest BCUT2D eigenvalue weighted by Crippen LogP contribution is 2.33. The van der Waals surface area contributed by atoms with Crippen LogP contribution in [0.5, 0.6) is 5.75 Å². The van der Waals surface area contributed by atoms with Crippen LogP contribution in [-0.4, -0.2) is 52.0 Å².